The lowest BCUT2D eigenvalue weighted by Gasteiger charge is -2.02. The Morgan fingerprint density at radius 3 is 2.88 bits per heavy atom. The number of hydrogen-bond donors (Lipinski definition) is 0. The van der Waals surface area contributed by atoms with E-state index >= 15 is 0 Å². The molecular formula is C13H10FN3. The van der Waals surface area contributed by atoms with Crippen LogP contribution in [0.15, 0.2) is 30.5 Å². The highest BCUT2D eigenvalue weighted by Gasteiger charge is 2.25. The summed E-state index contributed by atoms with van der Waals surface area (Å²) >= 11 is 0. The van der Waals surface area contributed by atoms with Crippen LogP contribution in [0.1, 0.15) is 24.5 Å². The topological polar surface area (TPSA) is 22.2 Å². The van der Waals surface area contributed by atoms with Gasteiger partial charge >= 0.3 is 0 Å². The van der Waals surface area contributed by atoms with Gasteiger partial charge in [0.05, 0.1) is 18.0 Å². The Balaban J connectivity index is 2.01. The van der Waals surface area contributed by atoms with Crippen molar-refractivity contribution in [3.63, 3.8) is 0 Å². The van der Waals surface area contributed by atoms with Crippen molar-refractivity contribution < 1.29 is 4.39 Å². The number of halogens is 1. The van der Waals surface area contributed by atoms with Crippen molar-refractivity contribution in [1.82, 2.24) is 9.78 Å². The van der Waals surface area contributed by atoms with E-state index in [-0.39, 0.29) is 0 Å². The molecule has 4 heteroatoms. The van der Waals surface area contributed by atoms with Crippen LogP contribution < -0.4 is 0 Å². The molecule has 0 spiro atoms. The molecule has 17 heavy (non-hydrogen) atoms. The van der Waals surface area contributed by atoms with Crippen LogP contribution in [-0.4, -0.2) is 9.78 Å². The van der Waals surface area contributed by atoms with Crippen molar-refractivity contribution in [3.05, 3.63) is 53.4 Å². The van der Waals surface area contributed by atoms with Gasteiger partial charge in [-0.3, -0.25) is 0 Å². The fourth-order valence-corrected chi connectivity index (χ4v) is 1.83. The summed E-state index contributed by atoms with van der Waals surface area (Å²) in [4.78, 5) is 3.24. The van der Waals surface area contributed by atoms with E-state index in [9.17, 15) is 4.39 Å². The fourth-order valence-electron chi connectivity index (χ4n) is 1.83. The molecule has 1 aromatic heterocycles. The second-order valence-electron chi connectivity index (χ2n) is 4.24. The molecule has 1 aliphatic carbocycles. The van der Waals surface area contributed by atoms with Gasteiger partial charge in [-0.25, -0.2) is 13.9 Å². The minimum absolute atomic E-state index is 0.295. The molecule has 0 bridgehead atoms. The molecule has 0 unspecified atom stereocenters. The van der Waals surface area contributed by atoms with Crippen LogP contribution in [0.5, 0.6) is 0 Å². The third-order valence-electron chi connectivity index (χ3n) is 2.87. The second kappa shape index (κ2) is 3.70. The minimum Gasteiger partial charge on any atom is -0.242 e. The van der Waals surface area contributed by atoms with Crippen LogP contribution in [0.3, 0.4) is 0 Å². The molecular weight excluding hydrogens is 217 g/mol. The van der Waals surface area contributed by atoms with Crippen LogP contribution >= 0.6 is 0 Å². The van der Waals surface area contributed by atoms with Crippen LogP contribution in [0.4, 0.5) is 10.1 Å². The Morgan fingerprint density at radius 2 is 2.18 bits per heavy atom. The maximum Gasteiger partial charge on any atom is 0.192 e. The monoisotopic (exact) mass is 227 g/mol. The predicted octanol–water partition coefficient (Wildman–Crippen LogP) is 3.44. The van der Waals surface area contributed by atoms with E-state index in [1.165, 1.54) is 25.0 Å². The summed E-state index contributed by atoms with van der Waals surface area (Å²) < 4.78 is 14.9. The van der Waals surface area contributed by atoms with E-state index in [1.807, 2.05) is 12.3 Å². The van der Waals surface area contributed by atoms with Crippen LogP contribution in [0, 0.1) is 12.4 Å². The largest absolute Gasteiger partial charge is 0.242 e. The van der Waals surface area contributed by atoms with E-state index in [1.54, 1.807) is 10.7 Å². The van der Waals surface area contributed by atoms with E-state index in [2.05, 4.69) is 9.94 Å². The number of aromatic nitrogens is 2. The lowest BCUT2D eigenvalue weighted by Crippen LogP contribution is -1.96. The van der Waals surface area contributed by atoms with Crippen LogP contribution in [0.25, 0.3) is 10.5 Å². The van der Waals surface area contributed by atoms with Crippen molar-refractivity contribution in [2.24, 2.45) is 0 Å². The first-order chi connectivity index (χ1) is 8.26. The maximum absolute atomic E-state index is 13.3. The smallest absolute Gasteiger partial charge is 0.192 e. The quantitative estimate of drug-likeness (QED) is 0.720. The Bertz CT molecular complexity index is 605. The molecule has 1 aliphatic rings. The normalized spacial score (nSPS) is 14.6. The highest BCUT2D eigenvalue weighted by atomic mass is 19.1. The van der Waals surface area contributed by atoms with Crippen molar-refractivity contribution in [1.29, 1.82) is 0 Å². The summed E-state index contributed by atoms with van der Waals surface area (Å²) in [7, 11) is 0. The molecule has 1 heterocycles. The molecule has 1 fully saturated rings. The fraction of sp³-hybridized carbons (Fsp3) is 0.231. The van der Waals surface area contributed by atoms with Crippen LogP contribution in [0.2, 0.25) is 0 Å². The minimum atomic E-state index is -0.406. The lowest BCUT2D eigenvalue weighted by atomic mass is 10.3. The van der Waals surface area contributed by atoms with Gasteiger partial charge in [0.1, 0.15) is 5.82 Å². The molecule has 1 saturated carbocycles. The van der Waals surface area contributed by atoms with Gasteiger partial charge in [0, 0.05) is 12.1 Å². The van der Waals surface area contributed by atoms with Gasteiger partial charge in [0.15, 0.2) is 5.69 Å². The maximum atomic E-state index is 13.3. The third kappa shape index (κ3) is 1.92. The second-order valence-corrected chi connectivity index (χ2v) is 4.24. The summed E-state index contributed by atoms with van der Waals surface area (Å²) in [5.74, 6) is 0.169. The van der Waals surface area contributed by atoms with E-state index in [0.717, 1.165) is 5.69 Å². The van der Waals surface area contributed by atoms with Crippen LogP contribution in [-0.2, 0) is 0 Å². The van der Waals surface area contributed by atoms with Gasteiger partial charge in [-0.15, -0.1) is 0 Å². The van der Waals surface area contributed by atoms with E-state index < -0.39 is 5.82 Å². The Kier molecular flexibility index (Phi) is 2.19. The molecule has 0 saturated heterocycles. The van der Waals surface area contributed by atoms with Crippen molar-refractivity contribution >= 4 is 5.69 Å². The molecule has 0 N–H and O–H groups in total. The summed E-state index contributed by atoms with van der Waals surface area (Å²) in [6.45, 7) is 6.91. The third-order valence-corrected chi connectivity index (χ3v) is 2.87. The molecule has 0 aliphatic heterocycles. The van der Waals surface area contributed by atoms with Crippen molar-refractivity contribution in [2.75, 3.05) is 0 Å². The first-order valence-electron chi connectivity index (χ1n) is 5.50. The summed E-state index contributed by atoms with van der Waals surface area (Å²) in [6.07, 6.45) is 4.19. The zero-order valence-corrected chi connectivity index (χ0v) is 9.10. The Hall–Kier alpha value is -2.15. The van der Waals surface area contributed by atoms with Gasteiger partial charge in [-0.05, 0) is 37.1 Å². The zero-order valence-electron chi connectivity index (χ0n) is 9.10. The van der Waals surface area contributed by atoms with Gasteiger partial charge in [0.25, 0.3) is 0 Å². The van der Waals surface area contributed by atoms with E-state index in [4.69, 9.17) is 6.57 Å². The molecule has 84 valence electrons. The average molecular weight is 227 g/mol. The van der Waals surface area contributed by atoms with Gasteiger partial charge in [0.2, 0.25) is 0 Å². The zero-order chi connectivity index (χ0) is 11.8. The van der Waals surface area contributed by atoms with Crippen molar-refractivity contribution in [3.8, 4) is 5.69 Å². The molecule has 2 aromatic rings. The molecule has 0 atom stereocenters. The molecule has 0 radical (unpaired) electrons. The number of hydrogen-bond acceptors (Lipinski definition) is 1. The summed E-state index contributed by atoms with van der Waals surface area (Å²) in [6, 6.07) is 6.21. The standard InChI is InChI=1S/C13H10FN3/c1-15-11-6-10(14)7-12(8-11)17-5-4-13(16-17)9-2-3-9/h4-9H,2-3H2. The highest BCUT2D eigenvalue weighted by Crippen LogP contribution is 2.39. The first kappa shape index (κ1) is 10.0. The lowest BCUT2D eigenvalue weighted by molar-refractivity contribution is 0.626. The number of nitrogens with zero attached hydrogens (tertiary/aromatic N) is 3. The molecule has 3 rings (SSSR count). The Labute approximate surface area is 98.3 Å². The average Bonchev–Trinajstić information content (AvgIpc) is 3.06. The molecule has 3 nitrogen and oxygen atoms in total. The van der Waals surface area contributed by atoms with Gasteiger partial charge < -0.3 is 0 Å². The highest BCUT2D eigenvalue weighted by molar-refractivity contribution is 5.52. The van der Waals surface area contributed by atoms with Gasteiger partial charge in [-0.1, -0.05) is 0 Å². The summed E-state index contributed by atoms with van der Waals surface area (Å²) in [5.41, 5.74) is 1.95. The predicted molar refractivity (Wildman–Crippen MR) is 61.8 cm³/mol. The SMILES string of the molecule is [C-]#[N+]c1cc(F)cc(-n2ccc(C3CC3)n2)c1. The number of benzene rings is 1. The van der Waals surface area contributed by atoms with Crippen molar-refractivity contribution in [2.45, 2.75) is 18.8 Å². The number of rotatable bonds is 2. The summed E-state index contributed by atoms with van der Waals surface area (Å²) in [5, 5.41) is 4.41. The van der Waals surface area contributed by atoms with E-state index in [0.29, 0.717) is 17.3 Å². The first-order valence-corrected chi connectivity index (χ1v) is 5.50. The molecule has 0 amide bonds. The Morgan fingerprint density at radius 1 is 1.35 bits per heavy atom. The molecule has 1 aromatic carbocycles. The van der Waals surface area contributed by atoms with Gasteiger partial charge in [-0.2, -0.15) is 5.10 Å².